The standard InChI is InChI=1S/C14H18N2O2S/c15-5-1-2-13-8-12(10-19-13)14(17)16-6-3-11-4-7-18-9-11/h8,10-11H,3-7,9,15H2,(H,16,17). The van der Waals surface area contributed by atoms with Crippen LogP contribution in [0.5, 0.6) is 0 Å². The third-order valence-corrected chi connectivity index (χ3v) is 3.88. The summed E-state index contributed by atoms with van der Waals surface area (Å²) in [4.78, 5) is 12.8. The largest absolute Gasteiger partial charge is 0.381 e. The molecule has 2 heterocycles. The van der Waals surface area contributed by atoms with Crippen molar-refractivity contribution in [2.75, 3.05) is 26.3 Å². The van der Waals surface area contributed by atoms with Crippen LogP contribution in [-0.2, 0) is 4.74 Å². The van der Waals surface area contributed by atoms with E-state index in [-0.39, 0.29) is 5.91 Å². The van der Waals surface area contributed by atoms with Crippen LogP contribution < -0.4 is 11.1 Å². The van der Waals surface area contributed by atoms with Gasteiger partial charge in [0.15, 0.2) is 0 Å². The van der Waals surface area contributed by atoms with Crippen molar-refractivity contribution in [2.24, 2.45) is 11.7 Å². The molecular weight excluding hydrogens is 260 g/mol. The normalized spacial score (nSPS) is 17.8. The predicted molar refractivity (Wildman–Crippen MR) is 76.1 cm³/mol. The number of rotatable bonds is 4. The van der Waals surface area contributed by atoms with Crippen molar-refractivity contribution in [3.63, 3.8) is 0 Å². The Morgan fingerprint density at radius 1 is 1.63 bits per heavy atom. The minimum atomic E-state index is -0.0315. The van der Waals surface area contributed by atoms with E-state index in [0.29, 0.717) is 24.6 Å². The molecule has 1 atom stereocenters. The van der Waals surface area contributed by atoms with E-state index in [1.54, 1.807) is 6.07 Å². The number of ether oxygens (including phenoxy) is 1. The molecule has 1 aromatic heterocycles. The number of amides is 1. The van der Waals surface area contributed by atoms with E-state index in [1.165, 1.54) is 11.3 Å². The third kappa shape index (κ3) is 4.35. The molecule has 102 valence electrons. The molecule has 0 bridgehead atoms. The fourth-order valence-corrected chi connectivity index (χ4v) is 2.72. The van der Waals surface area contributed by atoms with E-state index in [2.05, 4.69) is 17.2 Å². The zero-order chi connectivity index (χ0) is 13.5. The molecule has 1 fully saturated rings. The summed E-state index contributed by atoms with van der Waals surface area (Å²) in [5.74, 6) is 6.27. The van der Waals surface area contributed by atoms with Gasteiger partial charge in [0, 0.05) is 25.1 Å². The maximum atomic E-state index is 11.9. The number of nitrogens with one attached hydrogen (secondary N) is 1. The summed E-state index contributed by atoms with van der Waals surface area (Å²) < 4.78 is 5.30. The maximum Gasteiger partial charge on any atom is 0.252 e. The minimum absolute atomic E-state index is 0.0315. The van der Waals surface area contributed by atoms with Crippen molar-refractivity contribution < 1.29 is 9.53 Å². The Balaban J connectivity index is 1.77. The van der Waals surface area contributed by atoms with E-state index in [1.807, 2.05) is 5.38 Å². The summed E-state index contributed by atoms with van der Waals surface area (Å²) in [6.45, 7) is 2.72. The second-order valence-corrected chi connectivity index (χ2v) is 5.39. The zero-order valence-corrected chi connectivity index (χ0v) is 11.6. The van der Waals surface area contributed by atoms with Gasteiger partial charge in [-0.1, -0.05) is 11.8 Å². The van der Waals surface area contributed by atoms with Crippen molar-refractivity contribution in [3.8, 4) is 11.8 Å². The fourth-order valence-electron chi connectivity index (χ4n) is 1.96. The van der Waals surface area contributed by atoms with Crippen LogP contribution in [0.2, 0.25) is 0 Å². The highest BCUT2D eigenvalue weighted by molar-refractivity contribution is 7.10. The molecule has 0 radical (unpaired) electrons. The number of nitrogens with two attached hydrogens (primary N) is 1. The van der Waals surface area contributed by atoms with Crippen LogP contribution in [0.3, 0.4) is 0 Å². The van der Waals surface area contributed by atoms with E-state index >= 15 is 0 Å². The molecule has 0 spiro atoms. The van der Waals surface area contributed by atoms with Gasteiger partial charge in [-0.05, 0) is 24.8 Å². The number of thiophene rings is 1. The molecule has 1 aromatic rings. The molecule has 1 aliphatic rings. The van der Waals surface area contributed by atoms with Crippen LogP contribution in [0, 0.1) is 17.8 Å². The highest BCUT2D eigenvalue weighted by Crippen LogP contribution is 2.16. The van der Waals surface area contributed by atoms with Crippen LogP contribution in [0.4, 0.5) is 0 Å². The van der Waals surface area contributed by atoms with Crippen LogP contribution in [0.1, 0.15) is 28.1 Å². The van der Waals surface area contributed by atoms with Gasteiger partial charge in [0.25, 0.3) is 5.91 Å². The molecule has 1 amide bonds. The molecule has 3 N–H and O–H groups in total. The van der Waals surface area contributed by atoms with Gasteiger partial charge in [0.1, 0.15) is 0 Å². The molecule has 2 rings (SSSR count). The first kappa shape index (κ1) is 14.1. The lowest BCUT2D eigenvalue weighted by molar-refractivity contribution is 0.0951. The lowest BCUT2D eigenvalue weighted by atomic mass is 10.1. The summed E-state index contributed by atoms with van der Waals surface area (Å²) in [5.41, 5.74) is 5.98. The number of carbonyl (C=O) groups is 1. The lowest BCUT2D eigenvalue weighted by Crippen LogP contribution is -2.25. The SMILES string of the molecule is NCC#Cc1cc(C(=O)NCCC2CCOC2)cs1. The molecule has 4 nitrogen and oxygen atoms in total. The van der Waals surface area contributed by atoms with Gasteiger partial charge < -0.3 is 15.8 Å². The maximum absolute atomic E-state index is 11.9. The first-order chi connectivity index (χ1) is 9.29. The molecule has 1 saturated heterocycles. The minimum Gasteiger partial charge on any atom is -0.381 e. The second-order valence-electron chi connectivity index (χ2n) is 4.48. The number of hydrogen-bond donors (Lipinski definition) is 2. The smallest absolute Gasteiger partial charge is 0.252 e. The van der Waals surface area contributed by atoms with E-state index in [4.69, 9.17) is 10.5 Å². The van der Waals surface area contributed by atoms with E-state index in [0.717, 1.165) is 30.9 Å². The zero-order valence-electron chi connectivity index (χ0n) is 10.8. The summed E-state index contributed by atoms with van der Waals surface area (Å²) in [7, 11) is 0. The van der Waals surface area contributed by atoms with Crippen molar-refractivity contribution in [1.82, 2.24) is 5.32 Å². The average Bonchev–Trinajstić information content (AvgIpc) is 3.07. The predicted octanol–water partition coefficient (Wildman–Crippen LogP) is 1.21. The molecule has 0 aliphatic carbocycles. The molecule has 1 aliphatic heterocycles. The first-order valence-electron chi connectivity index (χ1n) is 6.43. The number of hydrogen-bond acceptors (Lipinski definition) is 4. The second kappa shape index (κ2) is 7.29. The van der Waals surface area contributed by atoms with Crippen molar-refractivity contribution in [3.05, 3.63) is 21.9 Å². The molecular formula is C14H18N2O2S. The Labute approximate surface area is 117 Å². The molecule has 0 aromatic carbocycles. The Kier molecular flexibility index (Phi) is 5.40. The fraction of sp³-hybridized carbons (Fsp3) is 0.500. The van der Waals surface area contributed by atoms with Gasteiger partial charge >= 0.3 is 0 Å². The van der Waals surface area contributed by atoms with Gasteiger partial charge in [-0.25, -0.2) is 0 Å². The van der Waals surface area contributed by atoms with E-state index < -0.39 is 0 Å². The third-order valence-electron chi connectivity index (χ3n) is 3.04. The van der Waals surface area contributed by atoms with Crippen LogP contribution >= 0.6 is 11.3 Å². The Morgan fingerprint density at radius 2 is 2.53 bits per heavy atom. The molecule has 1 unspecified atom stereocenters. The molecule has 19 heavy (non-hydrogen) atoms. The van der Waals surface area contributed by atoms with Crippen molar-refractivity contribution in [1.29, 1.82) is 0 Å². The Hall–Kier alpha value is -1.35. The van der Waals surface area contributed by atoms with Crippen LogP contribution in [0.15, 0.2) is 11.4 Å². The Morgan fingerprint density at radius 3 is 3.26 bits per heavy atom. The van der Waals surface area contributed by atoms with E-state index in [9.17, 15) is 4.79 Å². The van der Waals surface area contributed by atoms with Gasteiger partial charge in [-0.15, -0.1) is 11.3 Å². The highest BCUT2D eigenvalue weighted by Gasteiger charge is 2.15. The quantitative estimate of drug-likeness (QED) is 0.814. The van der Waals surface area contributed by atoms with Gasteiger partial charge in [0.2, 0.25) is 0 Å². The van der Waals surface area contributed by atoms with Crippen LogP contribution in [0.25, 0.3) is 0 Å². The average molecular weight is 278 g/mol. The van der Waals surface area contributed by atoms with Crippen molar-refractivity contribution >= 4 is 17.2 Å². The molecule has 5 heteroatoms. The van der Waals surface area contributed by atoms with Crippen molar-refractivity contribution in [2.45, 2.75) is 12.8 Å². The first-order valence-corrected chi connectivity index (χ1v) is 7.31. The van der Waals surface area contributed by atoms with Gasteiger partial charge in [0.05, 0.1) is 17.0 Å². The summed E-state index contributed by atoms with van der Waals surface area (Å²) in [6.07, 6.45) is 2.09. The van der Waals surface area contributed by atoms with Gasteiger partial charge in [-0.2, -0.15) is 0 Å². The Bertz CT molecular complexity index is 481. The molecule has 0 saturated carbocycles. The van der Waals surface area contributed by atoms with Crippen LogP contribution in [-0.4, -0.2) is 32.2 Å². The topological polar surface area (TPSA) is 64.4 Å². The summed E-state index contributed by atoms with van der Waals surface area (Å²) in [6, 6.07) is 1.81. The van der Waals surface area contributed by atoms with Gasteiger partial charge in [-0.3, -0.25) is 4.79 Å². The number of carbonyl (C=O) groups excluding carboxylic acids is 1. The summed E-state index contributed by atoms with van der Waals surface area (Å²) >= 11 is 1.47. The lowest BCUT2D eigenvalue weighted by Gasteiger charge is -2.07. The highest BCUT2D eigenvalue weighted by atomic mass is 32.1. The monoisotopic (exact) mass is 278 g/mol. The summed E-state index contributed by atoms with van der Waals surface area (Å²) in [5, 5.41) is 4.76.